The summed E-state index contributed by atoms with van der Waals surface area (Å²) in [6, 6.07) is 4.42. The molecule has 6 nitrogen and oxygen atoms in total. The topological polar surface area (TPSA) is 74.8 Å². The third kappa shape index (κ3) is 3.84. The Morgan fingerprint density at radius 1 is 1.16 bits per heavy atom. The van der Waals surface area contributed by atoms with Gasteiger partial charge in [0.05, 0.1) is 23.1 Å². The second-order valence-electron chi connectivity index (χ2n) is 6.63. The molecule has 2 saturated heterocycles. The van der Waals surface area contributed by atoms with Crippen LogP contribution in [0.4, 0.5) is 10.1 Å². The largest absolute Gasteiger partial charge is 0.366 e. The molecule has 2 fully saturated rings. The van der Waals surface area contributed by atoms with Gasteiger partial charge < -0.3 is 9.80 Å². The molecule has 0 aliphatic carbocycles. The molecule has 0 N–H and O–H groups in total. The summed E-state index contributed by atoms with van der Waals surface area (Å²) in [5, 5.41) is 0. The summed E-state index contributed by atoms with van der Waals surface area (Å²) in [4.78, 5) is 27.3. The molecule has 3 rings (SSSR count). The molecule has 136 valence electrons. The number of benzene rings is 1. The molecule has 1 aromatic carbocycles. The predicted molar refractivity (Wildman–Crippen MR) is 92.0 cm³/mol. The maximum Gasteiger partial charge on any atom is 0.226 e. The van der Waals surface area contributed by atoms with Crippen molar-refractivity contribution in [1.29, 1.82) is 0 Å². The number of ketones is 1. The number of hydrogen-bond acceptors (Lipinski definition) is 5. The van der Waals surface area contributed by atoms with Crippen molar-refractivity contribution >= 4 is 27.2 Å². The highest BCUT2D eigenvalue weighted by Crippen LogP contribution is 2.25. The lowest BCUT2D eigenvalue weighted by Crippen LogP contribution is -2.50. The molecule has 25 heavy (non-hydrogen) atoms. The van der Waals surface area contributed by atoms with Crippen molar-refractivity contribution < 1.29 is 22.4 Å². The maximum absolute atomic E-state index is 14.2. The summed E-state index contributed by atoms with van der Waals surface area (Å²) in [6.07, 6.45) is 0.391. The molecule has 1 amide bonds. The van der Waals surface area contributed by atoms with Crippen molar-refractivity contribution in [3.05, 3.63) is 29.6 Å². The number of anilines is 1. The van der Waals surface area contributed by atoms with Gasteiger partial charge in [0.15, 0.2) is 15.6 Å². The van der Waals surface area contributed by atoms with Crippen LogP contribution in [0.5, 0.6) is 0 Å². The van der Waals surface area contributed by atoms with Crippen LogP contribution in [0, 0.1) is 11.7 Å². The van der Waals surface area contributed by atoms with Gasteiger partial charge in [0.25, 0.3) is 0 Å². The van der Waals surface area contributed by atoms with E-state index in [9.17, 15) is 22.4 Å². The highest BCUT2D eigenvalue weighted by Gasteiger charge is 2.36. The van der Waals surface area contributed by atoms with Crippen LogP contribution in [0.2, 0.25) is 0 Å². The van der Waals surface area contributed by atoms with Gasteiger partial charge in [0.1, 0.15) is 5.82 Å². The number of piperazine rings is 1. The summed E-state index contributed by atoms with van der Waals surface area (Å²) in [7, 11) is -3.08. The van der Waals surface area contributed by atoms with E-state index in [0.717, 1.165) is 0 Å². The average molecular weight is 368 g/mol. The van der Waals surface area contributed by atoms with Crippen LogP contribution < -0.4 is 4.90 Å². The molecule has 0 bridgehead atoms. The van der Waals surface area contributed by atoms with Gasteiger partial charge in [-0.05, 0) is 31.5 Å². The Bertz CT molecular complexity index is 801. The zero-order chi connectivity index (χ0) is 18.2. The van der Waals surface area contributed by atoms with E-state index >= 15 is 0 Å². The molecule has 1 aromatic rings. The second kappa shape index (κ2) is 6.74. The maximum atomic E-state index is 14.2. The number of halogens is 1. The molecule has 0 saturated carbocycles. The first-order chi connectivity index (χ1) is 11.8. The zero-order valence-corrected chi connectivity index (χ0v) is 14.9. The van der Waals surface area contributed by atoms with Gasteiger partial charge >= 0.3 is 0 Å². The summed E-state index contributed by atoms with van der Waals surface area (Å²) in [5.74, 6) is -1.18. The van der Waals surface area contributed by atoms with Crippen LogP contribution in [-0.2, 0) is 14.6 Å². The Kier molecular flexibility index (Phi) is 4.81. The molecule has 0 spiro atoms. The fourth-order valence-corrected chi connectivity index (χ4v) is 5.13. The van der Waals surface area contributed by atoms with Gasteiger partial charge in [-0.15, -0.1) is 0 Å². The van der Waals surface area contributed by atoms with Crippen molar-refractivity contribution in [2.24, 2.45) is 5.92 Å². The lowest BCUT2D eigenvalue weighted by atomic mass is 10.1. The van der Waals surface area contributed by atoms with Crippen molar-refractivity contribution in [2.75, 3.05) is 42.6 Å². The number of hydrogen-bond donors (Lipinski definition) is 0. The molecule has 1 atom stereocenters. The van der Waals surface area contributed by atoms with E-state index in [2.05, 4.69) is 0 Å². The van der Waals surface area contributed by atoms with E-state index in [1.54, 1.807) is 17.0 Å². The van der Waals surface area contributed by atoms with Gasteiger partial charge in [-0.3, -0.25) is 9.59 Å². The standard InChI is InChI=1S/C17H21FN2O4S/c1-12(21)13-2-3-16(15(18)10-13)19-5-7-20(8-6-19)17(22)14-4-9-25(23,24)11-14/h2-3,10,14H,4-9,11H2,1H3. The molecule has 0 radical (unpaired) electrons. The number of carbonyl (C=O) groups is 2. The molecule has 2 aliphatic heterocycles. The number of amides is 1. The van der Waals surface area contributed by atoms with E-state index in [1.165, 1.54) is 13.0 Å². The Morgan fingerprint density at radius 3 is 2.36 bits per heavy atom. The smallest absolute Gasteiger partial charge is 0.226 e. The van der Waals surface area contributed by atoms with E-state index < -0.39 is 21.6 Å². The van der Waals surface area contributed by atoms with Crippen LogP contribution in [-0.4, -0.2) is 62.7 Å². The van der Waals surface area contributed by atoms with Crippen LogP contribution in [0.3, 0.4) is 0 Å². The van der Waals surface area contributed by atoms with E-state index in [-0.39, 0.29) is 23.2 Å². The summed E-state index contributed by atoms with van der Waals surface area (Å²) < 4.78 is 37.3. The highest BCUT2D eigenvalue weighted by molar-refractivity contribution is 7.91. The minimum Gasteiger partial charge on any atom is -0.366 e. The van der Waals surface area contributed by atoms with Gasteiger partial charge in [-0.2, -0.15) is 0 Å². The summed E-state index contributed by atoms with van der Waals surface area (Å²) in [5.41, 5.74) is 0.748. The van der Waals surface area contributed by atoms with E-state index in [4.69, 9.17) is 0 Å². The number of Topliss-reactive ketones (excluding diaryl/α,β-unsaturated/α-hetero) is 1. The Labute approximate surface area is 146 Å². The Balaban J connectivity index is 1.62. The lowest BCUT2D eigenvalue weighted by molar-refractivity contribution is -0.135. The first-order valence-corrected chi connectivity index (χ1v) is 10.1. The molecule has 2 aliphatic rings. The molecular weight excluding hydrogens is 347 g/mol. The SMILES string of the molecule is CC(=O)c1ccc(N2CCN(C(=O)C3CCS(=O)(=O)C3)CC2)c(F)c1. The number of rotatable bonds is 3. The van der Waals surface area contributed by atoms with Gasteiger partial charge in [-0.1, -0.05) is 0 Å². The van der Waals surface area contributed by atoms with Crippen molar-refractivity contribution in [2.45, 2.75) is 13.3 Å². The Hall–Kier alpha value is -1.96. The van der Waals surface area contributed by atoms with Crippen LogP contribution in [0.15, 0.2) is 18.2 Å². The van der Waals surface area contributed by atoms with E-state index in [1.807, 2.05) is 4.90 Å². The predicted octanol–water partition coefficient (Wildman–Crippen LogP) is 1.11. The minimum absolute atomic E-state index is 0.0623. The second-order valence-corrected chi connectivity index (χ2v) is 8.86. The van der Waals surface area contributed by atoms with Gasteiger partial charge in [-0.25, -0.2) is 12.8 Å². The summed E-state index contributed by atoms with van der Waals surface area (Å²) >= 11 is 0. The highest BCUT2D eigenvalue weighted by atomic mass is 32.2. The van der Waals surface area contributed by atoms with Crippen molar-refractivity contribution in [3.8, 4) is 0 Å². The average Bonchev–Trinajstić information content (AvgIpc) is 2.94. The molecule has 0 aromatic heterocycles. The van der Waals surface area contributed by atoms with Crippen molar-refractivity contribution in [3.63, 3.8) is 0 Å². The number of sulfone groups is 1. The molecular formula is C17H21FN2O4S. The van der Waals surface area contributed by atoms with Crippen LogP contribution >= 0.6 is 0 Å². The molecule has 8 heteroatoms. The third-order valence-corrected chi connectivity index (χ3v) is 6.64. The van der Waals surface area contributed by atoms with Crippen LogP contribution in [0.25, 0.3) is 0 Å². The number of nitrogens with zero attached hydrogens (tertiary/aromatic N) is 2. The van der Waals surface area contributed by atoms with Crippen molar-refractivity contribution in [1.82, 2.24) is 4.90 Å². The van der Waals surface area contributed by atoms with Crippen LogP contribution in [0.1, 0.15) is 23.7 Å². The number of carbonyl (C=O) groups excluding carboxylic acids is 2. The fourth-order valence-electron chi connectivity index (χ4n) is 3.40. The van der Waals surface area contributed by atoms with E-state index in [0.29, 0.717) is 43.9 Å². The zero-order valence-electron chi connectivity index (χ0n) is 14.1. The Morgan fingerprint density at radius 2 is 1.84 bits per heavy atom. The quantitative estimate of drug-likeness (QED) is 0.747. The molecule has 1 unspecified atom stereocenters. The first kappa shape index (κ1) is 17.8. The monoisotopic (exact) mass is 368 g/mol. The first-order valence-electron chi connectivity index (χ1n) is 8.31. The minimum atomic E-state index is -3.08. The fraction of sp³-hybridized carbons (Fsp3) is 0.529. The third-order valence-electron chi connectivity index (χ3n) is 4.87. The normalized spacial score (nSPS) is 22.9. The molecule has 2 heterocycles. The van der Waals surface area contributed by atoms with Gasteiger partial charge in [0.2, 0.25) is 5.91 Å². The lowest BCUT2D eigenvalue weighted by Gasteiger charge is -2.37. The summed E-state index contributed by atoms with van der Waals surface area (Å²) in [6.45, 7) is 3.21. The van der Waals surface area contributed by atoms with Gasteiger partial charge in [0, 0.05) is 31.7 Å².